The van der Waals surface area contributed by atoms with E-state index in [1.165, 1.54) is 5.56 Å². The van der Waals surface area contributed by atoms with Crippen LogP contribution in [0.25, 0.3) is 11.3 Å². The molecule has 0 aliphatic rings. The summed E-state index contributed by atoms with van der Waals surface area (Å²) < 4.78 is 2.08. The van der Waals surface area contributed by atoms with Crippen molar-refractivity contribution < 1.29 is 4.79 Å². The van der Waals surface area contributed by atoms with Crippen LogP contribution in [-0.2, 0) is 17.9 Å². The topological polar surface area (TPSA) is 46.9 Å². The van der Waals surface area contributed by atoms with E-state index in [4.69, 9.17) is 4.98 Å². The maximum atomic E-state index is 11.8. The lowest BCUT2D eigenvalue weighted by Gasteiger charge is -2.09. The molecular weight excluding hydrogens is 310 g/mol. The Morgan fingerprint density at radius 1 is 1.08 bits per heavy atom. The molecule has 0 unspecified atom stereocenters. The summed E-state index contributed by atoms with van der Waals surface area (Å²) in [5.74, 6) is 0.660. The van der Waals surface area contributed by atoms with E-state index < -0.39 is 0 Å². The summed E-state index contributed by atoms with van der Waals surface area (Å²) in [6.07, 6.45) is 2.03. The average molecular weight is 331 g/mol. The molecule has 2 aromatic carbocycles. The van der Waals surface area contributed by atoms with Crippen molar-refractivity contribution >= 4 is 5.91 Å². The number of hydrogen-bond donors (Lipinski definition) is 1. The number of nitrogens with zero attached hydrogens (tertiary/aromatic N) is 2. The van der Waals surface area contributed by atoms with Crippen molar-refractivity contribution in [1.29, 1.82) is 0 Å². The lowest BCUT2D eigenvalue weighted by molar-refractivity contribution is -0.117. The van der Waals surface area contributed by atoms with Crippen LogP contribution in [0.5, 0.6) is 0 Å². The average Bonchev–Trinajstić information content (AvgIpc) is 3.04. The molecule has 1 amide bonds. The number of rotatable bonds is 6. The minimum atomic E-state index is -0.157. The molecule has 0 saturated heterocycles. The molecule has 0 atom stereocenters. The highest BCUT2D eigenvalue weighted by Gasteiger charge is 2.11. The molecule has 4 heteroatoms. The van der Waals surface area contributed by atoms with Gasteiger partial charge in [0.1, 0.15) is 5.82 Å². The molecule has 1 heterocycles. The van der Waals surface area contributed by atoms with E-state index in [1.807, 2.05) is 54.7 Å². The second kappa shape index (κ2) is 7.62. The van der Waals surface area contributed by atoms with E-state index in [9.17, 15) is 4.79 Å². The van der Waals surface area contributed by atoms with E-state index in [0.29, 0.717) is 18.7 Å². The predicted molar refractivity (Wildman–Crippen MR) is 99.9 cm³/mol. The fraction of sp³-hybridized carbons (Fsp3) is 0.143. The molecule has 0 aliphatic carbocycles. The Morgan fingerprint density at radius 2 is 1.72 bits per heavy atom. The number of aromatic nitrogens is 2. The summed E-state index contributed by atoms with van der Waals surface area (Å²) in [6.45, 7) is 6.44. The van der Waals surface area contributed by atoms with E-state index in [2.05, 4.69) is 28.6 Å². The molecule has 3 aromatic rings. The van der Waals surface area contributed by atoms with Crippen molar-refractivity contribution in [3.8, 4) is 11.3 Å². The highest BCUT2D eigenvalue weighted by molar-refractivity contribution is 5.91. The van der Waals surface area contributed by atoms with Crippen LogP contribution >= 0.6 is 0 Å². The Balaban J connectivity index is 1.89. The third kappa shape index (κ3) is 4.23. The summed E-state index contributed by atoms with van der Waals surface area (Å²) in [4.78, 5) is 16.5. The van der Waals surface area contributed by atoms with Crippen LogP contribution in [0.3, 0.4) is 0 Å². The molecule has 126 valence electrons. The number of hydrogen-bond acceptors (Lipinski definition) is 2. The monoisotopic (exact) mass is 331 g/mol. The molecule has 25 heavy (non-hydrogen) atoms. The van der Waals surface area contributed by atoms with Crippen LogP contribution in [0.15, 0.2) is 79.0 Å². The highest BCUT2D eigenvalue weighted by atomic mass is 16.1. The normalized spacial score (nSPS) is 10.4. The van der Waals surface area contributed by atoms with Gasteiger partial charge in [-0.05, 0) is 12.5 Å². The molecule has 0 bridgehead atoms. The third-order valence-electron chi connectivity index (χ3n) is 3.92. The first kappa shape index (κ1) is 16.7. The molecule has 0 spiro atoms. The lowest BCUT2D eigenvalue weighted by atomic mass is 10.2. The van der Waals surface area contributed by atoms with Gasteiger partial charge in [-0.15, -0.1) is 0 Å². The Kier molecular flexibility index (Phi) is 5.09. The third-order valence-corrected chi connectivity index (χ3v) is 3.92. The zero-order valence-corrected chi connectivity index (χ0v) is 14.3. The van der Waals surface area contributed by atoms with Gasteiger partial charge in [-0.2, -0.15) is 0 Å². The lowest BCUT2D eigenvalue weighted by Crippen LogP contribution is -2.25. The molecule has 0 saturated carbocycles. The Bertz CT molecular complexity index is 867. The maximum absolute atomic E-state index is 11.8. The van der Waals surface area contributed by atoms with E-state index >= 15 is 0 Å². The van der Waals surface area contributed by atoms with Crippen molar-refractivity contribution in [1.82, 2.24) is 14.9 Å². The second-order valence-corrected chi connectivity index (χ2v) is 5.98. The van der Waals surface area contributed by atoms with Crippen molar-refractivity contribution in [3.05, 3.63) is 90.4 Å². The van der Waals surface area contributed by atoms with Crippen molar-refractivity contribution in [2.45, 2.75) is 20.0 Å². The minimum absolute atomic E-state index is 0.157. The maximum Gasteiger partial charge on any atom is 0.246 e. The van der Waals surface area contributed by atoms with Gasteiger partial charge in [0.25, 0.3) is 0 Å². The predicted octanol–water partition coefficient (Wildman–Crippen LogP) is 3.79. The number of nitrogens with one attached hydrogen (secondary N) is 1. The first-order valence-corrected chi connectivity index (χ1v) is 8.22. The van der Waals surface area contributed by atoms with Crippen molar-refractivity contribution in [2.75, 3.05) is 0 Å². The molecule has 1 N–H and O–H groups in total. The van der Waals surface area contributed by atoms with Crippen LogP contribution in [0.1, 0.15) is 18.3 Å². The van der Waals surface area contributed by atoms with Gasteiger partial charge in [-0.1, -0.05) is 67.2 Å². The quantitative estimate of drug-likeness (QED) is 0.699. The zero-order chi connectivity index (χ0) is 17.6. The smallest absolute Gasteiger partial charge is 0.246 e. The Hall–Kier alpha value is -3.14. The van der Waals surface area contributed by atoms with Crippen LogP contribution < -0.4 is 5.32 Å². The van der Waals surface area contributed by atoms with Crippen LogP contribution in [0.4, 0.5) is 0 Å². The fourth-order valence-electron chi connectivity index (χ4n) is 2.57. The van der Waals surface area contributed by atoms with Gasteiger partial charge in [-0.25, -0.2) is 4.98 Å². The Labute approximate surface area is 147 Å². The Morgan fingerprint density at radius 3 is 2.36 bits per heavy atom. The number of amides is 1. The molecule has 0 fully saturated rings. The van der Waals surface area contributed by atoms with Gasteiger partial charge in [0.05, 0.1) is 12.2 Å². The van der Waals surface area contributed by atoms with Crippen molar-refractivity contribution in [2.24, 2.45) is 0 Å². The molecule has 1 aromatic heterocycles. The number of benzene rings is 2. The summed E-state index contributed by atoms with van der Waals surface area (Å²) in [5, 5.41) is 2.87. The number of carbonyl (C=O) groups is 1. The SMILES string of the molecule is C=C(C)C(=O)NCc1nc(-c2ccccc2)cn1Cc1ccccc1. The first-order chi connectivity index (χ1) is 12.1. The number of carbonyl (C=O) groups excluding carboxylic acids is 1. The molecule has 3 rings (SSSR count). The second-order valence-electron chi connectivity index (χ2n) is 5.98. The van der Waals surface area contributed by atoms with Gasteiger partial charge in [0.2, 0.25) is 5.91 Å². The standard InChI is InChI=1S/C21H21N3O/c1-16(2)21(25)22-13-20-23-19(18-11-7-4-8-12-18)15-24(20)14-17-9-5-3-6-10-17/h3-12,15H,1,13-14H2,2H3,(H,22,25). The van der Waals surface area contributed by atoms with Crippen LogP contribution in [0.2, 0.25) is 0 Å². The van der Waals surface area contributed by atoms with E-state index in [0.717, 1.165) is 17.1 Å². The van der Waals surface area contributed by atoms with E-state index in [-0.39, 0.29) is 5.91 Å². The van der Waals surface area contributed by atoms with Crippen LogP contribution in [0, 0.1) is 0 Å². The highest BCUT2D eigenvalue weighted by Crippen LogP contribution is 2.19. The van der Waals surface area contributed by atoms with Gasteiger partial charge in [0.15, 0.2) is 0 Å². The van der Waals surface area contributed by atoms with Gasteiger partial charge in [0, 0.05) is 23.9 Å². The summed E-state index contributed by atoms with van der Waals surface area (Å²) in [5.41, 5.74) is 3.63. The first-order valence-electron chi connectivity index (χ1n) is 8.22. The van der Waals surface area contributed by atoms with Gasteiger partial charge >= 0.3 is 0 Å². The van der Waals surface area contributed by atoms with Crippen molar-refractivity contribution in [3.63, 3.8) is 0 Å². The summed E-state index contributed by atoms with van der Waals surface area (Å²) in [6, 6.07) is 20.2. The minimum Gasteiger partial charge on any atom is -0.345 e. The largest absolute Gasteiger partial charge is 0.345 e. The number of imidazole rings is 1. The molecule has 4 nitrogen and oxygen atoms in total. The zero-order valence-electron chi connectivity index (χ0n) is 14.3. The molecular formula is C21H21N3O. The van der Waals surface area contributed by atoms with Crippen LogP contribution in [-0.4, -0.2) is 15.5 Å². The fourth-order valence-corrected chi connectivity index (χ4v) is 2.57. The molecule has 0 aliphatic heterocycles. The van der Waals surface area contributed by atoms with E-state index in [1.54, 1.807) is 6.92 Å². The molecule has 0 radical (unpaired) electrons. The van der Waals surface area contributed by atoms with Gasteiger partial charge < -0.3 is 9.88 Å². The summed E-state index contributed by atoms with van der Waals surface area (Å²) in [7, 11) is 0. The summed E-state index contributed by atoms with van der Waals surface area (Å²) >= 11 is 0. The van der Waals surface area contributed by atoms with Gasteiger partial charge in [-0.3, -0.25) is 4.79 Å².